The lowest BCUT2D eigenvalue weighted by molar-refractivity contribution is 0.0734. The van der Waals surface area contributed by atoms with Gasteiger partial charge in [-0.3, -0.25) is 4.79 Å². The van der Waals surface area contributed by atoms with E-state index in [1.807, 2.05) is 41.3 Å². The predicted molar refractivity (Wildman–Crippen MR) is 115 cm³/mol. The summed E-state index contributed by atoms with van der Waals surface area (Å²) in [6.45, 7) is 6.64. The van der Waals surface area contributed by atoms with Gasteiger partial charge in [-0.05, 0) is 37.1 Å². The van der Waals surface area contributed by atoms with Crippen LogP contribution in [-0.4, -0.2) is 26.9 Å². The van der Waals surface area contributed by atoms with Gasteiger partial charge in [0.25, 0.3) is 5.91 Å². The molecule has 0 N–H and O–H groups in total. The van der Waals surface area contributed by atoms with Crippen LogP contribution in [0.3, 0.4) is 0 Å². The molecule has 0 aliphatic carbocycles. The molecule has 148 valence electrons. The zero-order chi connectivity index (χ0) is 19.8. The SMILES string of the molecule is CCCCCN(Cc1nc2ccccc2n1CCCC)C(=O)c1ccccc1. The summed E-state index contributed by atoms with van der Waals surface area (Å²) in [5.41, 5.74) is 2.91. The predicted octanol–water partition coefficient (Wildman–Crippen LogP) is 5.67. The first-order chi connectivity index (χ1) is 13.7. The van der Waals surface area contributed by atoms with Crippen LogP contribution >= 0.6 is 0 Å². The molecule has 1 aromatic heterocycles. The average Bonchev–Trinajstić information content (AvgIpc) is 3.08. The third kappa shape index (κ3) is 4.80. The van der Waals surface area contributed by atoms with Crippen molar-refractivity contribution in [2.75, 3.05) is 6.54 Å². The average molecular weight is 378 g/mol. The monoisotopic (exact) mass is 377 g/mol. The number of carbonyl (C=O) groups excluding carboxylic acids is 1. The Hall–Kier alpha value is -2.62. The van der Waals surface area contributed by atoms with Crippen molar-refractivity contribution in [1.82, 2.24) is 14.5 Å². The number of hydrogen-bond acceptors (Lipinski definition) is 2. The Kier molecular flexibility index (Phi) is 7.24. The zero-order valence-corrected chi connectivity index (χ0v) is 17.1. The number of aryl methyl sites for hydroxylation is 1. The van der Waals surface area contributed by atoms with Gasteiger partial charge in [0.2, 0.25) is 0 Å². The second-order valence-corrected chi connectivity index (χ2v) is 7.32. The smallest absolute Gasteiger partial charge is 0.254 e. The first-order valence-corrected chi connectivity index (χ1v) is 10.5. The maximum Gasteiger partial charge on any atom is 0.254 e. The second kappa shape index (κ2) is 10.1. The fraction of sp³-hybridized carbons (Fsp3) is 0.417. The van der Waals surface area contributed by atoms with Gasteiger partial charge >= 0.3 is 0 Å². The third-order valence-electron chi connectivity index (χ3n) is 5.14. The number of carbonyl (C=O) groups is 1. The van der Waals surface area contributed by atoms with Crippen LogP contribution in [0.5, 0.6) is 0 Å². The van der Waals surface area contributed by atoms with E-state index in [4.69, 9.17) is 4.98 Å². The van der Waals surface area contributed by atoms with Crippen LogP contribution in [0.4, 0.5) is 0 Å². The molecule has 0 aliphatic rings. The van der Waals surface area contributed by atoms with Gasteiger partial charge in [-0.1, -0.05) is 63.4 Å². The Labute approximate surface area is 168 Å². The Bertz CT molecular complexity index is 885. The molecule has 0 spiro atoms. The Morgan fingerprint density at radius 1 is 0.929 bits per heavy atom. The zero-order valence-electron chi connectivity index (χ0n) is 17.1. The summed E-state index contributed by atoms with van der Waals surface area (Å²) in [4.78, 5) is 20.0. The largest absolute Gasteiger partial charge is 0.331 e. The molecule has 1 heterocycles. The van der Waals surface area contributed by atoms with E-state index in [2.05, 4.69) is 36.6 Å². The summed E-state index contributed by atoms with van der Waals surface area (Å²) in [6, 6.07) is 17.9. The highest BCUT2D eigenvalue weighted by atomic mass is 16.2. The van der Waals surface area contributed by atoms with Crippen molar-refractivity contribution in [1.29, 1.82) is 0 Å². The number of unbranched alkanes of at least 4 members (excludes halogenated alkanes) is 3. The van der Waals surface area contributed by atoms with Crippen molar-refractivity contribution in [2.45, 2.75) is 59.0 Å². The lowest BCUT2D eigenvalue weighted by atomic mass is 10.1. The minimum atomic E-state index is 0.0887. The van der Waals surface area contributed by atoms with E-state index in [1.54, 1.807) is 0 Å². The topological polar surface area (TPSA) is 38.1 Å². The normalized spacial score (nSPS) is 11.1. The van der Waals surface area contributed by atoms with Crippen LogP contribution in [0.25, 0.3) is 11.0 Å². The fourth-order valence-electron chi connectivity index (χ4n) is 3.55. The van der Waals surface area contributed by atoms with Crippen LogP contribution < -0.4 is 0 Å². The van der Waals surface area contributed by atoms with Crippen molar-refractivity contribution in [3.05, 3.63) is 66.0 Å². The number of nitrogens with zero attached hydrogens (tertiary/aromatic N) is 3. The highest BCUT2D eigenvalue weighted by Crippen LogP contribution is 2.19. The van der Waals surface area contributed by atoms with Gasteiger partial charge in [-0.25, -0.2) is 4.98 Å². The van der Waals surface area contributed by atoms with Gasteiger partial charge in [-0.15, -0.1) is 0 Å². The van der Waals surface area contributed by atoms with Crippen LogP contribution in [0.1, 0.15) is 62.1 Å². The van der Waals surface area contributed by atoms with Crippen molar-refractivity contribution in [3.8, 4) is 0 Å². The van der Waals surface area contributed by atoms with Gasteiger partial charge in [0.1, 0.15) is 5.82 Å². The number of imidazole rings is 1. The third-order valence-corrected chi connectivity index (χ3v) is 5.14. The summed E-state index contributed by atoms with van der Waals surface area (Å²) < 4.78 is 2.30. The molecule has 0 saturated heterocycles. The Morgan fingerprint density at radius 2 is 1.64 bits per heavy atom. The second-order valence-electron chi connectivity index (χ2n) is 7.32. The molecule has 0 saturated carbocycles. The van der Waals surface area contributed by atoms with Crippen molar-refractivity contribution < 1.29 is 4.79 Å². The van der Waals surface area contributed by atoms with Crippen LogP contribution in [0.2, 0.25) is 0 Å². The van der Waals surface area contributed by atoms with E-state index < -0.39 is 0 Å². The molecule has 4 nitrogen and oxygen atoms in total. The number of rotatable bonds is 10. The number of aromatic nitrogens is 2. The van der Waals surface area contributed by atoms with Gasteiger partial charge in [0.15, 0.2) is 0 Å². The molecule has 2 aromatic carbocycles. The molecule has 3 aromatic rings. The maximum atomic E-state index is 13.2. The summed E-state index contributed by atoms with van der Waals surface area (Å²) in [5.74, 6) is 1.07. The number of amides is 1. The number of hydrogen-bond donors (Lipinski definition) is 0. The van der Waals surface area contributed by atoms with E-state index >= 15 is 0 Å². The lowest BCUT2D eigenvalue weighted by Gasteiger charge is -2.23. The highest BCUT2D eigenvalue weighted by molar-refractivity contribution is 5.94. The molecule has 0 radical (unpaired) electrons. The van der Waals surface area contributed by atoms with Crippen LogP contribution in [0, 0.1) is 0 Å². The molecule has 0 bridgehead atoms. The van der Waals surface area contributed by atoms with Crippen molar-refractivity contribution >= 4 is 16.9 Å². The van der Waals surface area contributed by atoms with E-state index in [1.165, 1.54) is 0 Å². The molecule has 0 aliphatic heterocycles. The molecule has 4 heteroatoms. The van der Waals surface area contributed by atoms with Gasteiger partial charge in [0, 0.05) is 18.7 Å². The molecule has 0 fully saturated rings. The molecule has 0 unspecified atom stereocenters. The number of fused-ring (bicyclic) bond motifs is 1. The molecule has 0 atom stereocenters. The maximum absolute atomic E-state index is 13.2. The van der Waals surface area contributed by atoms with E-state index in [-0.39, 0.29) is 5.91 Å². The van der Waals surface area contributed by atoms with Gasteiger partial charge in [0.05, 0.1) is 17.6 Å². The van der Waals surface area contributed by atoms with Crippen molar-refractivity contribution in [3.63, 3.8) is 0 Å². The van der Waals surface area contributed by atoms with Gasteiger partial charge in [-0.2, -0.15) is 0 Å². The Balaban J connectivity index is 1.90. The molecular formula is C24H31N3O. The number of para-hydroxylation sites is 2. The summed E-state index contributed by atoms with van der Waals surface area (Å²) in [5, 5.41) is 0. The first-order valence-electron chi connectivity index (χ1n) is 10.5. The van der Waals surface area contributed by atoms with Crippen molar-refractivity contribution in [2.24, 2.45) is 0 Å². The lowest BCUT2D eigenvalue weighted by Crippen LogP contribution is -2.32. The van der Waals surface area contributed by atoms with Crippen LogP contribution in [-0.2, 0) is 13.1 Å². The quantitative estimate of drug-likeness (QED) is 0.427. The standard InChI is InChI=1S/C24H31N3O/c1-3-5-12-17-26(24(28)20-13-8-7-9-14-20)19-23-25-21-15-10-11-16-22(21)27(23)18-6-4-2/h7-11,13-16H,3-6,12,17-19H2,1-2H3. The minimum absolute atomic E-state index is 0.0887. The first kappa shape index (κ1) is 20.1. The molecule has 3 rings (SSSR count). The van der Waals surface area contributed by atoms with E-state index in [0.717, 1.165) is 67.6 Å². The molecule has 1 amide bonds. The number of benzene rings is 2. The molecular weight excluding hydrogens is 346 g/mol. The van der Waals surface area contributed by atoms with Gasteiger partial charge < -0.3 is 9.47 Å². The van der Waals surface area contributed by atoms with Crippen LogP contribution in [0.15, 0.2) is 54.6 Å². The summed E-state index contributed by atoms with van der Waals surface area (Å²) in [7, 11) is 0. The fourth-order valence-corrected chi connectivity index (χ4v) is 3.55. The minimum Gasteiger partial charge on any atom is -0.331 e. The summed E-state index contributed by atoms with van der Waals surface area (Å²) in [6.07, 6.45) is 5.53. The van der Waals surface area contributed by atoms with E-state index in [9.17, 15) is 4.79 Å². The summed E-state index contributed by atoms with van der Waals surface area (Å²) >= 11 is 0. The van der Waals surface area contributed by atoms with E-state index in [0.29, 0.717) is 6.54 Å². The Morgan fingerprint density at radius 3 is 2.39 bits per heavy atom. The molecule has 28 heavy (non-hydrogen) atoms. The highest BCUT2D eigenvalue weighted by Gasteiger charge is 2.19.